The fourth-order valence-electron chi connectivity index (χ4n) is 3.48. The molecule has 0 aliphatic rings. The molecule has 0 radical (unpaired) electrons. The van der Waals surface area contributed by atoms with E-state index in [0.29, 0.717) is 28.9 Å². The Labute approximate surface area is 182 Å². The minimum absolute atomic E-state index is 0.262. The van der Waals surface area contributed by atoms with Crippen molar-refractivity contribution >= 4 is 28.5 Å². The molecule has 3 aromatic heterocycles. The summed E-state index contributed by atoms with van der Waals surface area (Å²) in [6.07, 6.45) is 0. The zero-order chi connectivity index (χ0) is 21.4. The monoisotopic (exact) mass is 432 g/mol. The molecule has 2 aromatic carbocycles. The van der Waals surface area contributed by atoms with Crippen molar-refractivity contribution in [2.45, 2.75) is 13.5 Å². The van der Waals surface area contributed by atoms with Crippen LogP contribution in [0.25, 0.3) is 33.5 Å². The first-order valence-corrected chi connectivity index (χ1v) is 10.1. The Morgan fingerprint density at radius 1 is 1.03 bits per heavy atom. The standard InChI is InChI=1S/C23H18ClFN6/c1-13-5-4-8-19(27-13)21-20(14-9-10-18-16(11-14)22(24)31-30-18)28-23(29-21)26-12-15-6-2-3-7-17(15)25/h2-11H,12H2,1H3,(H,30,31)(H2,26,28,29). The van der Waals surface area contributed by atoms with Crippen LogP contribution in [0.1, 0.15) is 11.3 Å². The van der Waals surface area contributed by atoms with Crippen molar-refractivity contribution in [1.82, 2.24) is 25.1 Å². The highest BCUT2D eigenvalue weighted by atomic mass is 35.5. The van der Waals surface area contributed by atoms with Crippen molar-refractivity contribution in [3.63, 3.8) is 0 Å². The smallest absolute Gasteiger partial charge is 0.201 e. The summed E-state index contributed by atoms with van der Waals surface area (Å²) in [6.45, 7) is 2.24. The Hall–Kier alpha value is -3.71. The Kier molecular flexibility index (Phi) is 4.88. The second-order valence-corrected chi connectivity index (χ2v) is 7.55. The summed E-state index contributed by atoms with van der Waals surface area (Å²) in [6, 6.07) is 18.3. The van der Waals surface area contributed by atoms with Gasteiger partial charge in [-0.05, 0) is 37.3 Å². The van der Waals surface area contributed by atoms with Crippen molar-refractivity contribution < 1.29 is 4.39 Å². The lowest BCUT2D eigenvalue weighted by Crippen LogP contribution is -2.02. The van der Waals surface area contributed by atoms with E-state index in [1.165, 1.54) is 6.07 Å². The maximum Gasteiger partial charge on any atom is 0.201 e. The second kappa shape index (κ2) is 7.85. The summed E-state index contributed by atoms with van der Waals surface area (Å²) in [4.78, 5) is 12.7. The Balaban J connectivity index is 1.58. The van der Waals surface area contributed by atoms with Gasteiger partial charge in [0, 0.05) is 28.8 Å². The fourth-order valence-corrected chi connectivity index (χ4v) is 3.68. The molecule has 31 heavy (non-hydrogen) atoms. The predicted molar refractivity (Wildman–Crippen MR) is 120 cm³/mol. The van der Waals surface area contributed by atoms with Crippen LogP contribution in [0.4, 0.5) is 10.3 Å². The molecule has 6 nitrogen and oxygen atoms in total. The van der Waals surface area contributed by atoms with Gasteiger partial charge in [-0.2, -0.15) is 5.10 Å². The molecule has 0 saturated carbocycles. The number of anilines is 1. The van der Waals surface area contributed by atoms with Crippen LogP contribution in [-0.4, -0.2) is 25.1 Å². The molecule has 5 rings (SSSR count). The van der Waals surface area contributed by atoms with Gasteiger partial charge in [0.1, 0.15) is 5.82 Å². The number of aryl methyl sites for hydroxylation is 1. The first-order valence-electron chi connectivity index (χ1n) is 9.74. The van der Waals surface area contributed by atoms with Crippen molar-refractivity contribution in [2.75, 3.05) is 5.32 Å². The van der Waals surface area contributed by atoms with Crippen LogP contribution in [0.5, 0.6) is 0 Å². The normalized spacial score (nSPS) is 11.2. The summed E-state index contributed by atoms with van der Waals surface area (Å²) >= 11 is 6.22. The summed E-state index contributed by atoms with van der Waals surface area (Å²) in [5.74, 6) is 0.261. The number of pyridine rings is 1. The second-order valence-electron chi connectivity index (χ2n) is 7.19. The fraction of sp³-hybridized carbons (Fsp3) is 0.0870. The third kappa shape index (κ3) is 3.75. The highest BCUT2D eigenvalue weighted by Crippen LogP contribution is 2.33. The van der Waals surface area contributed by atoms with Gasteiger partial charge in [0.25, 0.3) is 0 Å². The number of nitrogens with one attached hydrogen (secondary N) is 3. The summed E-state index contributed by atoms with van der Waals surface area (Å²) in [7, 11) is 0. The maximum absolute atomic E-state index is 14.0. The number of H-pyrrole nitrogens is 2. The molecule has 0 fully saturated rings. The first-order chi connectivity index (χ1) is 15.1. The van der Waals surface area contributed by atoms with E-state index in [2.05, 4.69) is 25.5 Å². The number of fused-ring (bicyclic) bond motifs is 1. The maximum atomic E-state index is 14.0. The molecule has 3 N–H and O–H groups in total. The molecular weight excluding hydrogens is 415 g/mol. The van der Waals surface area contributed by atoms with Gasteiger partial charge in [0.2, 0.25) is 5.95 Å². The molecule has 0 unspecified atom stereocenters. The van der Waals surface area contributed by atoms with E-state index >= 15 is 0 Å². The highest BCUT2D eigenvalue weighted by Gasteiger charge is 2.17. The molecule has 0 amide bonds. The largest absolute Gasteiger partial charge is 0.352 e. The summed E-state index contributed by atoms with van der Waals surface area (Å²) < 4.78 is 14.0. The minimum Gasteiger partial charge on any atom is -0.352 e. The predicted octanol–water partition coefficient (Wildman–Crippen LogP) is 5.73. The molecule has 0 aliphatic heterocycles. The highest BCUT2D eigenvalue weighted by molar-refractivity contribution is 6.34. The SMILES string of the molecule is Cc1cccc(-c2[nH]c(NCc3ccccc3F)nc2-c2ccc3[nH]nc(Cl)c3c2)n1. The zero-order valence-electron chi connectivity index (χ0n) is 16.6. The van der Waals surface area contributed by atoms with Gasteiger partial charge in [0.15, 0.2) is 5.15 Å². The third-order valence-corrected chi connectivity index (χ3v) is 5.33. The van der Waals surface area contributed by atoms with Crippen LogP contribution in [0.3, 0.4) is 0 Å². The van der Waals surface area contributed by atoms with Gasteiger partial charge < -0.3 is 10.3 Å². The van der Waals surface area contributed by atoms with Crippen molar-refractivity contribution in [3.05, 3.63) is 82.9 Å². The number of hydrogen-bond donors (Lipinski definition) is 3. The number of hydrogen-bond acceptors (Lipinski definition) is 4. The van der Waals surface area contributed by atoms with Crippen molar-refractivity contribution in [2.24, 2.45) is 0 Å². The lowest BCUT2D eigenvalue weighted by molar-refractivity contribution is 0.613. The van der Waals surface area contributed by atoms with Crippen LogP contribution in [-0.2, 0) is 6.54 Å². The lowest BCUT2D eigenvalue weighted by Gasteiger charge is -2.04. The Bertz CT molecular complexity index is 1390. The van der Waals surface area contributed by atoms with Crippen LogP contribution in [0, 0.1) is 12.7 Å². The van der Waals surface area contributed by atoms with E-state index in [9.17, 15) is 4.39 Å². The number of rotatable bonds is 5. The molecule has 8 heteroatoms. The number of aromatic nitrogens is 5. The molecular formula is C23H18ClFN6. The molecule has 0 bridgehead atoms. The van der Waals surface area contributed by atoms with Gasteiger partial charge in [-0.15, -0.1) is 0 Å². The molecule has 5 aromatic rings. The Morgan fingerprint density at radius 2 is 1.90 bits per heavy atom. The number of benzene rings is 2. The molecule has 0 saturated heterocycles. The number of nitrogens with zero attached hydrogens (tertiary/aromatic N) is 3. The summed E-state index contributed by atoms with van der Waals surface area (Å²) in [5, 5.41) is 11.3. The van der Waals surface area contributed by atoms with Gasteiger partial charge in [-0.25, -0.2) is 9.37 Å². The average Bonchev–Trinajstić information content (AvgIpc) is 3.37. The van der Waals surface area contributed by atoms with Gasteiger partial charge >= 0.3 is 0 Å². The van der Waals surface area contributed by atoms with Crippen LogP contribution in [0.2, 0.25) is 5.15 Å². The van der Waals surface area contributed by atoms with E-state index in [1.54, 1.807) is 18.2 Å². The van der Waals surface area contributed by atoms with E-state index in [4.69, 9.17) is 16.6 Å². The molecule has 154 valence electrons. The average molecular weight is 433 g/mol. The van der Waals surface area contributed by atoms with E-state index in [0.717, 1.165) is 33.5 Å². The number of halogens is 2. The van der Waals surface area contributed by atoms with E-state index < -0.39 is 0 Å². The van der Waals surface area contributed by atoms with Crippen LogP contribution >= 0.6 is 11.6 Å². The van der Waals surface area contributed by atoms with Crippen LogP contribution in [0.15, 0.2) is 60.7 Å². The summed E-state index contributed by atoms with van der Waals surface area (Å²) in [5.41, 5.74) is 5.41. The van der Waals surface area contributed by atoms with E-state index in [1.807, 2.05) is 43.3 Å². The zero-order valence-corrected chi connectivity index (χ0v) is 17.3. The number of aromatic amines is 2. The van der Waals surface area contributed by atoms with Gasteiger partial charge in [-0.1, -0.05) is 41.9 Å². The number of imidazole rings is 1. The Morgan fingerprint density at radius 3 is 2.74 bits per heavy atom. The van der Waals surface area contributed by atoms with Crippen molar-refractivity contribution in [1.29, 1.82) is 0 Å². The van der Waals surface area contributed by atoms with E-state index in [-0.39, 0.29) is 5.82 Å². The molecule has 0 spiro atoms. The third-order valence-electron chi connectivity index (χ3n) is 5.04. The van der Waals surface area contributed by atoms with Crippen molar-refractivity contribution in [3.8, 4) is 22.6 Å². The molecule has 0 aliphatic carbocycles. The molecule has 0 atom stereocenters. The lowest BCUT2D eigenvalue weighted by atomic mass is 10.1. The first kappa shape index (κ1) is 19.3. The van der Waals surface area contributed by atoms with Crippen LogP contribution < -0.4 is 5.32 Å². The van der Waals surface area contributed by atoms with Gasteiger partial charge in [0.05, 0.1) is 22.6 Å². The quantitative estimate of drug-likeness (QED) is 0.331. The molecule has 3 heterocycles. The minimum atomic E-state index is -0.262. The topological polar surface area (TPSA) is 82.3 Å². The van der Waals surface area contributed by atoms with Gasteiger partial charge in [-0.3, -0.25) is 10.1 Å².